The van der Waals surface area contributed by atoms with E-state index in [0.717, 1.165) is 16.1 Å². The smallest absolute Gasteiger partial charge is 0.124 e. The van der Waals surface area contributed by atoms with Crippen molar-refractivity contribution < 1.29 is 5.11 Å². The molecule has 23 heavy (non-hydrogen) atoms. The van der Waals surface area contributed by atoms with Crippen molar-refractivity contribution in [3.05, 3.63) is 71.8 Å². The lowest BCUT2D eigenvalue weighted by Gasteiger charge is -2.41. The third-order valence-electron chi connectivity index (χ3n) is 4.25. The van der Waals surface area contributed by atoms with Crippen LogP contribution in [0.3, 0.4) is 0 Å². The van der Waals surface area contributed by atoms with Crippen molar-refractivity contribution in [1.29, 1.82) is 0 Å². The van der Waals surface area contributed by atoms with Crippen LogP contribution in [0, 0.1) is 11.8 Å². The van der Waals surface area contributed by atoms with E-state index in [1.165, 1.54) is 0 Å². The first kappa shape index (κ1) is 17.6. The zero-order valence-corrected chi connectivity index (χ0v) is 15.0. The zero-order valence-electron chi connectivity index (χ0n) is 14.2. The molecular weight excluding hydrogens is 302 g/mol. The molecule has 0 aromatic heterocycles. The summed E-state index contributed by atoms with van der Waals surface area (Å²) in [5, 5.41) is 11.9. The monoisotopic (exact) mass is 327 g/mol. The summed E-state index contributed by atoms with van der Waals surface area (Å²) in [7, 11) is 3.88. The Kier molecular flexibility index (Phi) is 5.55. The highest BCUT2D eigenvalue weighted by molar-refractivity contribution is 7.80. The Morgan fingerprint density at radius 3 is 1.61 bits per heavy atom. The van der Waals surface area contributed by atoms with Gasteiger partial charge >= 0.3 is 0 Å². The fraction of sp³-hybridized carbons (Fsp3) is 0.350. The molecule has 2 aromatic carbocycles. The molecule has 0 aliphatic rings. The van der Waals surface area contributed by atoms with Gasteiger partial charge in [0, 0.05) is 20.0 Å². The molecule has 0 amide bonds. The number of benzene rings is 2. The van der Waals surface area contributed by atoms with E-state index in [1.54, 1.807) is 0 Å². The predicted molar refractivity (Wildman–Crippen MR) is 100 cm³/mol. The predicted octanol–water partition coefficient (Wildman–Crippen LogP) is 4.08. The molecule has 0 saturated carbocycles. The van der Waals surface area contributed by atoms with Crippen LogP contribution in [-0.2, 0) is 5.60 Å². The standard InChI is InChI=1S/C20H25NOS/c1-15(2)18(19(23)21(3)4)20(22,16-11-7-5-8-12-16)17-13-9-6-10-14-17/h5-15,18,22H,1-4H3. The minimum atomic E-state index is -1.15. The Morgan fingerprint density at radius 2 is 1.30 bits per heavy atom. The quantitative estimate of drug-likeness (QED) is 0.837. The summed E-state index contributed by atoms with van der Waals surface area (Å²) in [5.41, 5.74) is 0.584. The van der Waals surface area contributed by atoms with Crippen molar-refractivity contribution in [1.82, 2.24) is 4.90 Å². The molecule has 0 bridgehead atoms. The van der Waals surface area contributed by atoms with Gasteiger partial charge in [-0.2, -0.15) is 0 Å². The second-order valence-electron chi connectivity index (χ2n) is 6.45. The average molecular weight is 327 g/mol. The summed E-state index contributed by atoms with van der Waals surface area (Å²) in [6, 6.07) is 19.6. The van der Waals surface area contributed by atoms with Crippen LogP contribution in [0.5, 0.6) is 0 Å². The fourth-order valence-electron chi connectivity index (χ4n) is 3.13. The van der Waals surface area contributed by atoms with E-state index >= 15 is 0 Å². The fourth-order valence-corrected chi connectivity index (χ4v) is 3.58. The van der Waals surface area contributed by atoms with Gasteiger partial charge in [-0.05, 0) is 17.0 Å². The van der Waals surface area contributed by atoms with Gasteiger partial charge in [-0.1, -0.05) is 86.7 Å². The normalized spacial score (nSPS) is 13.0. The SMILES string of the molecule is CC(C)C(C(=S)N(C)C)C(O)(c1ccccc1)c1ccccc1. The van der Waals surface area contributed by atoms with Crippen molar-refractivity contribution >= 4 is 17.2 Å². The van der Waals surface area contributed by atoms with E-state index in [-0.39, 0.29) is 11.8 Å². The lowest BCUT2D eigenvalue weighted by molar-refractivity contribution is 0.0238. The van der Waals surface area contributed by atoms with Crippen LogP contribution in [0.4, 0.5) is 0 Å². The summed E-state index contributed by atoms with van der Waals surface area (Å²) in [5.74, 6) is -0.00684. The van der Waals surface area contributed by atoms with E-state index in [0.29, 0.717) is 0 Å². The summed E-state index contributed by atoms with van der Waals surface area (Å²) in [6.07, 6.45) is 0. The molecule has 0 saturated heterocycles. The Bertz CT molecular complexity index is 598. The highest BCUT2D eigenvalue weighted by atomic mass is 32.1. The van der Waals surface area contributed by atoms with Crippen LogP contribution in [0.1, 0.15) is 25.0 Å². The molecule has 0 heterocycles. The van der Waals surface area contributed by atoms with Gasteiger partial charge in [0.25, 0.3) is 0 Å². The number of rotatable bonds is 5. The molecule has 1 atom stereocenters. The second kappa shape index (κ2) is 7.24. The van der Waals surface area contributed by atoms with Crippen molar-refractivity contribution in [2.75, 3.05) is 14.1 Å². The molecule has 0 aliphatic carbocycles. The van der Waals surface area contributed by atoms with Crippen LogP contribution in [-0.4, -0.2) is 29.1 Å². The lowest BCUT2D eigenvalue weighted by atomic mass is 9.71. The molecule has 2 rings (SSSR count). The molecule has 0 spiro atoms. The van der Waals surface area contributed by atoms with Crippen molar-refractivity contribution in [2.45, 2.75) is 19.4 Å². The maximum absolute atomic E-state index is 11.9. The van der Waals surface area contributed by atoms with Crippen molar-refractivity contribution in [3.63, 3.8) is 0 Å². The molecule has 122 valence electrons. The largest absolute Gasteiger partial charge is 0.380 e. The topological polar surface area (TPSA) is 23.5 Å². The van der Waals surface area contributed by atoms with Gasteiger partial charge in [-0.25, -0.2) is 0 Å². The number of nitrogens with zero attached hydrogens (tertiary/aromatic N) is 1. The van der Waals surface area contributed by atoms with Gasteiger partial charge in [-0.15, -0.1) is 0 Å². The Labute approximate surface area is 144 Å². The molecule has 0 fully saturated rings. The zero-order chi connectivity index (χ0) is 17.0. The molecule has 0 aliphatic heterocycles. The van der Waals surface area contributed by atoms with Gasteiger partial charge in [-0.3, -0.25) is 0 Å². The van der Waals surface area contributed by atoms with E-state index in [9.17, 15) is 5.11 Å². The van der Waals surface area contributed by atoms with Crippen LogP contribution in [0.25, 0.3) is 0 Å². The first-order valence-electron chi connectivity index (χ1n) is 7.93. The summed E-state index contributed by atoms with van der Waals surface area (Å²) < 4.78 is 0. The average Bonchev–Trinajstić information content (AvgIpc) is 2.56. The lowest BCUT2D eigenvalue weighted by Crippen LogP contribution is -2.47. The van der Waals surface area contributed by atoms with Crippen LogP contribution in [0.2, 0.25) is 0 Å². The van der Waals surface area contributed by atoms with E-state index in [2.05, 4.69) is 13.8 Å². The molecule has 1 unspecified atom stereocenters. The van der Waals surface area contributed by atoms with Gasteiger partial charge < -0.3 is 10.0 Å². The maximum atomic E-state index is 11.9. The molecule has 3 heteroatoms. The maximum Gasteiger partial charge on any atom is 0.124 e. The summed E-state index contributed by atoms with van der Waals surface area (Å²) in [4.78, 5) is 2.69. The molecule has 2 nitrogen and oxygen atoms in total. The second-order valence-corrected chi connectivity index (χ2v) is 6.87. The van der Waals surface area contributed by atoms with E-state index in [1.807, 2.05) is 79.7 Å². The first-order valence-corrected chi connectivity index (χ1v) is 8.34. The van der Waals surface area contributed by atoms with Crippen LogP contribution < -0.4 is 0 Å². The van der Waals surface area contributed by atoms with Crippen LogP contribution in [0.15, 0.2) is 60.7 Å². The first-order chi connectivity index (χ1) is 10.9. The van der Waals surface area contributed by atoms with Gasteiger partial charge in [0.05, 0.1) is 4.99 Å². The highest BCUT2D eigenvalue weighted by Crippen LogP contribution is 2.41. The molecule has 2 aromatic rings. The Hall–Kier alpha value is -1.71. The Morgan fingerprint density at radius 1 is 0.913 bits per heavy atom. The summed E-state index contributed by atoms with van der Waals surface area (Å²) >= 11 is 5.69. The van der Waals surface area contributed by atoms with Crippen molar-refractivity contribution in [3.8, 4) is 0 Å². The van der Waals surface area contributed by atoms with Gasteiger partial charge in [0.2, 0.25) is 0 Å². The van der Waals surface area contributed by atoms with E-state index in [4.69, 9.17) is 12.2 Å². The molecule has 1 N–H and O–H groups in total. The Balaban J connectivity index is 2.68. The van der Waals surface area contributed by atoms with Crippen molar-refractivity contribution in [2.24, 2.45) is 11.8 Å². The van der Waals surface area contributed by atoms with Gasteiger partial charge in [0.15, 0.2) is 0 Å². The number of thiocarbonyl (C=S) groups is 1. The number of hydrogen-bond donors (Lipinski definition) is 1. The highest BCUT2D eigenvalue weighted by Gasteiger charge is 2.44. The minimum Gasteiger partial charge on any atom is -0.380 e. The van der Waals surface area contributed by atoms with E-state index < -0.39 is 5.60 Å². The third kappa shape index (κ3) is 3.46. The number of hydrogen-bond acceptors (Lipinski definition) is 2. The third-order valence-corrected chi connectivity index (χ3v) is 4.87. The summed E-state index contributed by atoms with van der Waals surface area (Å²) in [6.45, 7) is 4.22. The van der Waals surface area contributed by atoms with Gasteiger partial charge in [0.1, 0.15) is 5.60 Å². The van der Waals surface area contributed by atoms with Crippen LogP contribution >= 0.6 is 12.2 Å². The molecule has 0 radical (unpaired) electrons. The molecular formula is C20H25NOS. The number of aliphatic hydroxyl groups is 1. The minimum absolute atomic E-state index is 0.190.